The summed E-state index contributed by atoms with van der Waals surface area (Å²) < 4.78 is 0. The zero-order chi connectivity index (χ0) is 13.8. The van der Waals surface area contributed by atoms with Gasteiger partial charge in [-0.25, -0.2) is 10.4 Å². The van der Waals surface area contributed by atoms with Crippen LogP contribution in [0.2, 0.25) is 0 Å². The molecule has 2 N–H and O–H groups in total. The van der Waals surface area contributed by atoms with Gasteiger partial charge < -0.3 is 4.98 Å². The molecule has 1 aliphatic heterocycles. The molecule has 0 saturated carbocycles. The molecule has 1 aromatic carbocycles. The van der Waals surface area contributed by atoms with Gasteiger partial charge in [-0.2, -0.15) is 5.10 Å². The lowest BCUT2D eigenvalue weighted by atomic mass is 10.0. The molecule has 0 radical (unpaired) electrons. The second-order valence-corrected chi connectivity index (χ2v) is 4.83. The first-order valence-electron chi connectivity index (χ1n) is 6.74. The normalized spacial score (nSPS) is 14.8. The molecule has 5 heteroatoms. The van der Waals surface area contributed by atoms with Gasteiger partial charge in [-0.05, 0) is 17.5 Å². The molecular formula is C15H16N4O. The minimum absolute atomic E-state index is 0.0104. The second-order valence-electron chi connectivity index (χ2n) is 4.83. The Kier molecular flexibility index (Phi) is 3.58. The van der Waals surface area contributed by atoms with E-state index in [1.807, 2.05) is 6.20 Å². The smallest absolute Gasteiger partial charge is 0.240 e. The summed E-state index contributed by atoms with van der Waals surface area (Å²) in [5.41, 5.74) is 5.82. The number of aromatic nitrogens is 2. The Morgan fingerprint density at radius 1 is 1.10 bits per heavy atom. The highest BCUT2D eigenvalue weighted by atomic mass is 16.2. The van der Waals surface area contributed by atoms with Crippen molar-refractivity contribution in [2.75, 3.05) is 0 Å². The number of imidazole rings is 1. The summed E-state index contributed by atoms with van der Waals surface area (Å²) in [5, 5.41) is 4.10. The number of carbonyl (C=O) groups excluding carboxylic acids is 1. The van der Waals surface area contributed by atoms with E-state index in [-0.39, 0.29) is 5.91 Å². The van der Waals surface area contributed by atoms with E-state index in [0.717, 1.165) is 29.9 Å². The van der Waals surface area contributed by atoms with Crippen molar-refractivity contribution in [2.24, 2.45) is 5.10 Å². The van der Waals surface area contributed by atoms with E-state index in [2.05, 4.69) is 44.8 Å². The number of benzene rings is 1. The van der Waals surface area contributed by atoms with Gasteiger partial charge in [-0.1, -0.05) is 24.3 Å². The Labute approximate surface area is 117 Å². The van der Waals surface area contributed by atoms with E-state index in [4.69, 9.17) is 0 Å². The van der Waals surface area contributed by atoms with Crippen molar-refractivity contribution < 1.29 is 4.79 Å². The van der Waals surface area contributed by atoms with Crippen molar-refractivity contribution >= 4 is 11.6 Å². The molecule has 20 heavy (non-hydrogen) atoms. The quantitative estimate of drug-likeness (QED) is 0.887. The number of rotatable bonds is 4. The molecular weight excluding hydrogens is 252 g/mol. The van der Waals surface area contributed by atoms with E-state index in [9.17, 15) is 4.79 Å². The van der Waals surface area contributed by atoms with Gasteiger partial charge in [0.25, 0.3) is 0 Å². The molecule has 2 heterocycles. The SMILES string of the molecule is O=C1CCC(c2ccc(CCc3ncc[nH]3)cc2)=NN1. The summed E-state index contributed by atoms with van der Waals surface area (Å²) >= 11 is 0. The third-order valence-corrected chi connectivity index (χ3v) is 3.40. The molecule has 0 fully saturated rings. The predicted molar refractivity (Wildman–Crippen MR) is 76.4 cm³/mol. The van der Waals surface area contributed by atoms with E-state index in [1.165, 1.54) is 5.56 Å². The third kappa shape index (κ3) is 2.93. The third-order valence-electron chi connectivity index (χ3n) is 3.40. The number of carbonyl (C=O) groups is 1. The van der Waals surface area contributed by atoms with Crippen LogP contribution in [0.3, 0.4) is 0 Å². The molecule has 1 amide bonds. The number of hydrazone groups is 1. The molecule has 1 aliphatic rings. The fourth-order valence-electron chi connectivity index (χ4n) is 2.24. The van der Waals surface area contributed by atoms with E-state index < -0.39 is 0 Å². The monoisotopic (exact) mass is 268 g/mol. The maximum absolute atomic E-state index is 11.1. The van der Waals surface area contributed by atoms with Gasteiger partial charge in [0.1, 0.15) is 5.82 Å². The Bertz CT molecular complexity index is 614. The summed E-state index contributed by atoms with van der Waals surface area (Å²) in [6.07, 6.45) is 6.69. The van der Waals surface area contributed by atoms with Crippen LogP contribution < -0.4 is 5.43 Å². The molecule has 5 nitrogen and oxygen atoms in total. The second kappa shape index (κ2) is 5.69. The molecule has 0 aliphatic carbocycles. The Morgan fingerprint density at radius 3 is 2.60 bits per heavy atom. The number of aromatic amines is 1. The number of aryl methyl sites for hydroxylation is 2. The number of amides is 1. The first-order chi connectivity index (χ1) is 9.81. The standard InChI is InChI=1S/C15H16N4O/c20-15-8-6-13(18-19-15)12-4-1-11(2-5-12)3-7-14-16-9-10-17-14/h1-2,4-5,9-10H,3,6-8H2,(H,16,17)(H,19,20). The number of nitrogens with one attached hydrogen (secondary N) is 2. The molecule has 3 rings (SSSR count). The van der Waals surface area contributed by atoms with Crippen LogP contribution in [0.5, 0.6) is 0 Å². The zero-order valence-corrected chi connectivity index (χ0v) is 11.1. The van der Waals surface area contributed by atoms with Crippen LogP contribution in [0, 0.1) is 0 Å². The lowest BCUT2D eigenvalue weighted by Crippen LogP contribution is -2.25. The lowest BCUT2D eigenvalue weighted by molar-refractivity contribution is -0.121. The molecule has 0 atom stereocenters. The highest BCUT2D eigenvalue weighted by Crippen LogP contribution is 2.12. The molecule has 1 aromatic heterocycles. The summed E-state index contributed by atoms with van der Waals surface area (Å²) in [6, 6.07) is 8.34. The Balaban J connectivity index is 1.64. The largest absolute Gasteiger partial charge is 0.349 e. The van der Waals surface area contributed by atoms with Gasteiger partial charge in [-0.15, -0.1) is 0 Å². The molecule has 0 saturated heterocycles. The van der Waals surface area contributed by atoms with Gasteiger partial charge in [0, 0.05) is 31.7 Å². The molecule has 0 spiro atoms. The van der Waals surface area contributed by atoms with E-state index >= 15 is 0 Å². The molecule has 0 bridgehead atoms. The van der Waals surface area contributed by atoms with Crippen LogP contribution in [-0.2, 0) is 17.6 Å². The summed E-state index contributed by atoms with van der Waals surface area (Å²) in [5.74, 6) is 0.997. The van der Waals surface area contributed by atoms with Crippen LogP contribution in [0.15, 0.2) is 41.8 Å². The van der Waals surface area contributed by atoms with Crippen molar-refractivity contribution in [2.45, 2.75) is 25.7 Å². The van der Waals surface area contributed by atoms with Crippen molar-refractivity contribution in [3.05, 3.63) is 53.6 Å². The van der Waals surface area contributed by atoms with E-state index in [1.54, 1.807) is 6.20 Å². The van der Waals surface area contributed by atoms with Crippen LogP contribution in [0.1, 0.15) is 29.8 Å². The Hall–Kier alpha value is -2.43. The number of H-pyrrole nitrogens is 1. The first kappa shape index (κ1) is 12.6. The summed E-state index contributed by atoms with van der Waals surface area (Å²) in [4.78, 5) is 18.4. The molecule has 0 unspecified atom stereocenters. The Morgan fingerprint density at radius 2 is 1.95 bits per heavy atom. The van der Waals surface area contributed by atoms with Gasteiger partial charge in [0.05, 0.1) is 5.71 Å². The molecule has 102 valence electrons. The summed E-state index contributed by atoms with van der Waals surface area (Å²) in [6.45, 7) is 0. The topological polar surface area (TPSA) is 70.1 Å². The zero-order valence-electron chi connectivity index (χ0n) is 11.1. The predicted octanol–water partition coefficient (Wildman–Crippen LogP) is 1.81. The van der Waals surface area contributed by atoms with Crippen LogP contribution in [0.4, 0.5) is 0 Å². The summed E-state index contributed by atoms with van der Waals surface area (Å²) in [7, 11) is 0. The van der Waals surface area contributed by atoms with Gasteiger partial charge >= 0.3 is 0 Å². The van der Waals surface area contributed by atoms with Gasteiger partial charge in [0.2, 0.25) is 5.91 Å². The van der Waals surface area contributed by atoms with Crippen LogP contribution >= 0.6 is 0 Å². The number of hydrogen-bond acceptors (Lipinski definition) is 3. The van der Waals surface area contributed by atoms with Crippen LogP contribution in [0.25, 0.3) is 0 Å². The van der Waals surface area contributed by atoms with Crippen molar-refractivity contribution in [1.82, 2.24) is 15.4 Å². The minimum atomic E-state index is -0.0104. The van der Waals surface area contributed by atoms with E-state index in [0.29, 0.717) is 12.8 Å². The maximum Gasteiger partial charge on any atom is 0.240 e. The minimum Gasteiger partial charge on any atom is -0.349 e. The highest BCUT2D eigenvalue weighted by Gasteiger charge is 2.12. The average Bonchev–Trinajstić information content (AvgIpc) is 3.00. The first-order valence-corrected chi connectivity index (χ1v) is 6.74. The van der Waals surface area contributed by atoms with Crippen LogP contribution in [-0.4, -0.2) is 21.6 Å². The lowest BCUT2D eigenvalue weighted by Gasteiger charge is -2.12. The van der Waals surface area contributed by atoms with Crippen molar-refractivity contribution in [3.63, 3.8) is 0 Å². The van der Waals surface area contributed by atoms with Crippen molar-refractivity contribution in [3.8, 4) is 0 Å². The fraction of sp³-hybridized carbons (Fsp3) is 0.267. The number of hydrogen-bond donors (Lipinski definition) is 2. The maximum atomic E-state index is 11.1. The highest BCUT2D eigenvalue weighted by molar-refractivity contribution is 6.04. The van der Waals surface area contributed by atoms with Crippen molar-refractivity contribution in [1.29, 1.82) is 0 Å². The molecule has 2 aromatic rings. The van der Waals surface area contributed by atoms with Gasteiger partial charge in [-0.3, -0.25) is 4.79 Å². The fourth-order valence-corrected chi connectivity index (χ4v) is 2.24. The average molecular weight is 268 g/mol. The van der Waals surface area contributed by atoms with Gasteiger partial charge in [0.15, 0.2) is 0 Å². The number of nitrogens with zero attached hydrogens (tertiary/aromatic N) is 2.